The van der Waals surface area contributed by atoms with Crippen molar-refractivity contribution in [3.63, 3.8) is 0 Å². The van der Waals surface area contributed by atoms with E-state index in [1.165, 1.54) is 56.4 Å². The number of amides is 2. The SMILES string of the molecule is O=C(CCCC1CCCCC1)NCCC(=O)NCC(NS(=O)(=O)c1ccccc1)C(=O)O. The Morgan fingerprint density at radius 1 is 0.969 bits per heavy atom. The highest BCUT2D eigenvalue weighted by atomic mass is 32.2. The lowest BCUT2D eigenvalue weighted by molar-refractivity contribution is -0.138. The van der Waals surface area contributed by atoms with Crippen molar-refractivity contribution in [2.75, 3.05) is 13.1 Å². The second-order valence-electron chi connectivity index (χ2n) is 8.13. The molecular weight excluding hydrogens is 434 g/mol. The fraction of sp³-hybridized carbons (Fsp3) is 0.591. The van der Waals surface area contributed by atoms with E-state index in [0.717, 1.165) is 18.8 Å². The lowest BCUT2D eigenvalue weighted by atomic mass is 9.86. The molecule has 9 nitrogen and oxygen atoms in total. The second-order valence-corrected chi connectivity index (χ2v) is 9.84. The Balaban J connectivity index is 1.65. The van der Waals surface area contributed by atoms with Gasteiger partial charge in [0.25, 0.3) is 0 Å². The molecule has 0 spiro atoms. The maximum Gasteiger partial charge on any atom is 0.323 e. The van der Waals surface area contributed by atoms with Crippen molar-refractivity contribution in [2.24, 2.45) is 5.92 Å². The molecular formula is C22H33N3O6S. The zero-order valence-electron chi connectivity index (χ0n) is 18.2. The smallest absolute Gasteiger partial charge is 0.323 e. The molecule has 2 amide bonds. The number of hydrogen-bond acceptors (Lipinski definition) is 5. The number of carboxylic acid groups (broad SMARTS) is 1. The first-order valence-electron chi connectivity index (χ1n) is 11.1. The number of aliphatic carboxylic acids is 1. The summed E-state index contributed by atoms with van der Waals surface area (Å²) in [6, 6.07) is 5.87. The number of benzene rings is 1. The lowest BCUT2D eigenvalue weighted by Crippen LogP contribution is -2.48. The van der Waals surface area contributed by atoms with Crippen molar-refractivity contribution >= 4 is 27.8 Å². The minimum absolute atomic E-state index is 0.0217. The van der Waals surface area contributed by atoms with E-state index in [1.54, 1.807) is 6.07 Å². The molecule has 2 rings (SSSR count). The highest BCUT2D eigenvalue weighted by Crippen LogP contribution is 2.27. The zero-order valence-corrected chi connectivity index (χ0v) is 19.0. The molecule has 0 bridgehead atoms. The number of hydrogen-bond donors (Lipinski definition) is 4. The fourth-order valence-electron chi connectivity index (χ4n) is 3.77. The molecule has 0 saturated heterocycles. The fourth-order valence-corrected chi connectivity index (χ4v) is 4.98. The van der Waals surface area contributed by atoms with Gasteiger partial charge in [-0.3, -0.25) is 14.4 Å². The van der Waals surface area contributed by atoms with Gasteiger partial charge in [0.2, 0.25) is 21.8 Å². The number of carbonyl (C=O) groups is 3. The highest BCUT2D eigenvalue weighted by Gasteiger charge is 2.25. The van der Waals surface area contributed by atoms with Gasteiger partial charge in [-0.2, -0.15) is 4.72 Å². The standard InChI is InChI=1S/C22H33N3O6S/c26-20(13-7-10-17-8-3-1-4-9-17)23-15-14-21(27)24-16-19(22(28)29)25-32(30,31)18-11-5-2-6-12-18/h2,5-6,11-12,17,19,25H,1,3-4,7-10,13-16H2,(H,23,26)(H,24,27)(H,28,29). The van der Waals surface area contributed by atoms with E-state index in [2.05, 4.69) is 15.4 Å². The van der Waals surface area contributed by atoms with Crippen LogP contribution in [0.2, 0.25) is 0 Å². The Bertz CT molecular complexity index is 854. The van der Waals surface area contributed by atoms with E-state index in [0.29, 0.717) is 6.42 Å². The number of rotatable bonds is 13. The third kappa shape index (κ3) is 9.35. The summed E-state index contributed by atoms with van der Waals surface area (Å²) < 4.78 is 26.7. The van der Waals surface area contributed by atoms with Gasteiger partial charge in [-0.1, -0.05) is 50.3 Å². The Hall–Kier alpha value is -2.46. The van der Waals surface area contributed by atoms with Crippen molar-refractivity contribution < 1.29 is 27.9 Å². The molecule has 1 saturated carbocycles. The van der Waals surface area contributed by atoms with Crippen molar-refractivity contribution in [3.8, 4) is 0 Å². The number of carboxylic acids is 1. The summed E-state index contributed by atoms with van der Waals surface area (Å²) in [6.07, 6.45) is 8.68. The lowest BCUT2D eigenvalue weighted by Gasteiger charge is -2.21. The Kier molecular flexibility index (Phi) is 10.6. The van der Waals surface area contributed by atoms with Gasteiger partial charge >= 0.3 is 5.97 Å². The first kappa shape index (κ1) is 25.8. The monoisotopic (exact) mass is 467 g/mol. The summed E-state index contributed by atoms with van der Waals surface area (Å²) in [5.74, 6) is -1.26. The average Bonchev–Trinajstić information content (AvgIpc) is 2.78. The summed E-state index contributed by atoms with van der Waals surface area (Å²) >= 11 is 0. The van der Waals surface area contributed by atoms with Crippen LogP contribution in [0, 0.1) is 5.92 Å². The molecule has 10 heteroatoms. The van der Waals surface area contributed by atoms with Crippen LogP contribution in [0.5, 0.6) is 0 Å². The van der Waals surface area contributed by atoms with E-state index < -0.39 is 34.5 Å². The Labute approximate surface area is 189 Å². The van der Waals surface area contributed by atoms with Crippen LogP contribution in [-0.2, 0) is 24.4 Å². The maximum atomic E-state index is 12.3. The van der Waals surface area contributed by atoms with E-state index in [-0.39, 0.29) is 23.8 Å². The molecule has 1 aromatic carbocycles. The molecule has 178 valence electrons. The van der Waals surface area contributed by atoms with Gasteiger partial charge in [-0.25, -0.2) is 8.42 Å². The third-order valence-electron chi connectivity index (χ3n) is 5.57. The van der Waals surface area contributed by atoms with Crippen LogP contribution >= 0.6 is 0 Å². The second kappa shape index (κ2) is 13.2. The highest BCUT2D eigenvalue weighted by molar-refractivity contribution is 7.89. The van der Waals surface area contributed by atoms with Crippen molar-refractivity contribution in [3.05, 3.63) is 30.3 Å². The van der Waals surface area contributed by atoms with Gasteiger partial charge < -0.3 is 15.7 Å². The molecule has 1 aliphatic carbocycles. The molecule has 32 heavy (non-hydrogen) atoms. The number of nitrogens with one attached hydrogen (secondary N) is 3. The van der Waals surface area contributed by atoms with Gasteiger partial charge in [0.1, 0.15) is 6.04 Å². The molecule has 1 unspecified atom stereocenters. The van der Waals surface area contributed by atoms with Crippen LogP contribution in [-0.4, -0.2) is 50.4 Å². The maximum absolute atomic E-state index is 12.3. The Morgan fingerprint density at radius 3 is 2.28 bits per heavy atom. The van der Waals surface area contributed by atoms with Crippen LogP contribution < -0.4 is 15.4 Å². The first-order chi connectivity index (χ1) is 15.3. The molecule has 1 fully saturated rings. The van der Waals surface area contributed by atoms with Gasteiger partial charge in [0, 0.05) is 25.9 Å². The molecule has 0 radical (unpaired) electrons. The molecule has 0 aliphatic heterocycles. The normalized spacial score (nSPS) is 15.6. The predicted molar refractivity (Wildman–Crippen MR) is 119 cm³/mol. The molecule has 1 aromatic rings. The van der Waals surface area contributed by atoms with Crippen LogP contribution in [0.4, 0.5) is 0 Å². The Morgan fingerprint density at radius 2 is 1.62 bits per heavy atom. The zero-order chi connectivity index (χ0) is 23.4. The molecule has 4 N–H and O–H groups in total. The van der Waals surface area contributed by atoms with Gasteiger partial charge in [-0.05, 0) is 30.9 Å². The molecule has 0 heterocycles. The summed E-state index contributed by atoms with van der Waals surface area (Å²) in [4.78, 5) is 35.2. The van der Waals surface area contributed by atoms with Gasteiger partial charge in [-0.15, -0.1) is 0 Å². The predicted octanol–water partition coefficient (Wildman–Crippen LogP) is 1.79. The van der Waals surface area contributed by atoms with E-state index in [4.69, 9.17) is 0 Å². The quantitative estimate of drug-likeness (QED) is 0.348. The minimum Gasteiger partial charge on any atom is -0.480 e. The summed E-state index contributed by atoms with van der Waals surface area (Å²) in [5.41, 5.74) is 0. The van der Waals surface area contributed by atoms with Crippen molar-refractivity contribution in [1.82, 2.24) is 15.4 Å². The van der Waals surface area contributed by atoms with E-state index >= 15 is 0 Å². The van der Waals surface area contributed by atoms with Crippen LogP contribution in [0.1, 0.15) is 57.8 Å². The minimum atomic E-state index is -4.04. The van der Waals surface area contributed by atoms with Crippen molar-refractivity contribution in [2.45, 2.75) is 68.7 Å². The van der Waals surface area contributed by atoms with E-state index in [1.807, 2.05) is 0 Å². The van der Waals surface area contributed by atoms with Crippen molar-refractivity contribution in [1.29, 1.82) is 0 Å². The third-order valence-corrected chi connectivity index (χ3v) is 7.06. The van der Waals surface area contributed by atoms with Gasteiger partial charge in [0.15, 0.2) is 0 Å². The van der Waals surface area contributed by atoms with Crippen LogP contribution in [0.25, 0.3) is 0 Å². The topological polar surface area (TPSA) is 142 Å². The number of carbonyl (C=O) groups excluding carboxylic acids is 2. The largest absolute Gasteiger partial charge is 0.480 e. The van der Waals surface area contributed by atoms with E-state index in [9.17, 15) is 27.9 Å². The van der Waals surface area contributed by atoms with Crippen LogP contribution in [0.3, 0.4) is 0 Å². The van der Waals surface area contributed by atoms with Crippen LogP contribution in [0.15, 0.2) is 35.2 Å². The van der Waals surface area contributed by atoms with Gasteiger partial charge in [0.05, 0.1) is 4.90 Å². The summed E-state index contributed by atoms with van der Waals surface area (Å²) in [5, 5.41) is 14.4. The summed E-state index contributed by atoms with van der Waals surface area (Å²) in [7, 11) is -4.04. The summed E-state index contributed by atoms with van der Waals surface area (Å²) in [6.45, 7) is -0.267. The molecule has 1 aliphatic rings. The molecule has 0 aromatic heterocycles. The first-order valence-corrected chi connectivity index (χ1v) is 12.6. The molecule has 1 atom stereocenters. The number of sulfonamides is 1. The average molecular weight is 468 g/mol.